The van der Waals surface area contributed by atoms with E-state index in [1.807, 2.05) is 18.2 Å². The van der Waals surface area contributed by atoms with Crippen molar-refractivity contribution < 1.29 is 13.6 Å². The van der Waals surface area contributed by atoms with Gasteiger partial charge in [-0.15, -0.1) is 0 Å². The minimum absolute atomic E-state index is 0.0452. The van der Waals surface area contributed by atoms with Crippen molar-refractivity contribution in [3.05, 3.63) is 59.7 Å². The van der Waals surface area contributed by atoms with Crippen molar-refractivity contribution in [1.82, 2.24) is 4.98 Å². The van der Waals surface area contributed by atoms with Crippen LogP contribution in [0.3, 0.4) is 0 Å². The van der Waals surface area contributed by atoms with E-state index in [0.717, 1.165) is 36.8 Å². The lowest BCUT2D eigenvalue weighted by Crippen LogP contribution is -2.38. The number of aryl methyl sites for hydroxylation is 1. The molecular formula is C20H19FN2O2. The van der Waals surface area contributed by atoms with Gasteiger partial charge in [0.15, 0.2) is 11.5 Å². The zero-order valence-corrected chi connectivity index (χ0v) is 14.0. The second-order valence-corrected chi connectivity index (χ2v) is 6.67. The molecule has 128 valence electrons. The Morgan fingerprint density at radius 3 is 2.60 bits per heavy atom. The van der Waals surface area contributed by atoms with E-state index in [9.17, 15) is 9.18 Å². The minimum atomic E-state index is -0.595. The maximum Gasteiger partial charge on any atom is 0.235 e. The Balaban J connectivity index is 1.65. The second-order valence-electron chi connectivity index (χ2n) is 6.67. The van der Waals surface area contributed by atoms with E-state index in [-0.39, 0.29) is 11.7 Å². The Morgan fingerprint density at radius 2 is 1.88 bits per heavy atom. The smallest absolute Gasteiger partial charge is 0.235 e. The van der Waals surface area contributed by atoms with Gasteiger partial charge in [0.25, 0.3) is 0 Å². The molecule has 3 aromatic rings. The fourth-order valence-corrected chi connectivity index (χ4v) is 3.77. The van der Waals surface area contributed by atoms with Crippen LogP contribution in [0.4, 0.5) is 10.1 Å². The van der Waals surface area contributed by atoms with E-state index in [1.54, 1.807) is 19.1 Å². The fourth-order valence-electron chi connectivity index (χ4n) is 3.77. The van der Waals surface area contributed by atoms with Crippen LogP contribution in [-0.4, -0.2) is 10.9 Å². The van der Waals surface area contributed by atoms with Crippen LogP contribution in [0.5, 0.6) is 0 Å². The molecule has 0 radical (unpaired) electrons. The number of carbonyl (C=O) groups excluding carboxylic acids is 1. The summed E-state index contributed by atoms with van der Waals surface area (Å²) in [6.45, 7) is 1.79. The lowest BCUT2D eigenvalue weighted by atomic mass is 9.78. The van der Waals surface area contributed by atoms with E-state index in [4.69, 9.17) is 4.42 Å². The Hall–Kier alpha value is -2.69. The van der Waals surface area contributed by atoms with Crippen LogP contribution in [0, 0.1) is 12.7 Å². The molecule has 2 aromatic carbocycles. The van der Waals surface area contributed by atoms with Crippen LogP contribution in [0.25, 0.3) is 11.1 Å². The number of amides is 1. The number of anilines is 1. The summed E-state index contributed by atoms with van der Waals surface area (Å²) in [5.41, 5.74) is 2.39. The highest BCUT2D eigenvalue weighted by molar-refractivity contribution is 6.00. The molecule has 4 rings (SSSR count). The minimum Gasteiger partial charge on any atom is -0.441 e. The summed E-state index contributed by atoms with van der Waals surface area (Å²) in [4.78, 5) is 17.4. The molecule has 25 heavy (non-hydrogen) atoms. The molecule has 1 aromatic heterocycles. The number of nitrogens with one attached hydrogen (secondary N) is 1. The fraction of sp³-hybridized carbons (Fsp3) is 0.300. The lowest BCUT2D eigenvalue weighted by Gasteiger charge is -2.28. The predicted octanol–water partition coefficient (Wildman–Crippen LogP) is 4.73. The molecule has 1 fully saturated rings. The molecule has 0 atom stereocenters. The van der Waals surface area contributed by atoms with Gasteiger partial charge >= 0.3 is 0 Å². The van der Waals surface area contributed by atoms with Gasteiger partial charge in [0.2, 0.25) is 5.91 Å². The molecule has 0 saturated heterocycles. The first-order valence-corrected chi connectivity index (χ1v) is 8.52. The Kier molecular flexibility index (Phi) is 3.79. The van der Waals surface area contributed by atoms with Crippen molar-refractivity contribution in [2.75, 3.05) is 5.32 Å². The number of nitrogens with zero attached hydrogens (tertiary/aromatic N) is 1. The van der Waals surface area contributed by atoms with Crippen LogP contribution in [0.15, 0.2) is 46.9 Å². The average Bonchev–Trinajstić information content (AvgIpc) is 3.21. The van der Waals surface area contributed by atoms with Gasteiger partial charge < -0.3 is 9.73 Å². The van der Waals surface area contributed by atoms with Crippen molar-refractivity contribution in [2.24, 2.45) is 0 Å². The number of benzene rings is 2. The van der Waals surface area contributed by atoms with E-state index in [1.165, 1.54) is 12.1 Å². The molecule has 1 N–H and O–H groups in total. The zero-order valence-electron chi connectivity index (χ0n) is 14.0. The van der Waals surface area contributed by atoms with Crippen molar-refractivity contribution in [2.45, 2.75) is 38.0 Å². The first kappa shape index (κ1) is 15.8. The molecule has 0 bridgehead atoms. The summed E-state index contributed by atoms with van der Waals surface area (Å²) >= 11 is 0. The molecule has 1 heterocycles. The quantitative estimate of drug-likeness (QED) is 0.751. The first-order chi connectivity index (χ1) is 12.1. The van der Waals surface area contributed by atoms with Gasteiger partial charge in [0.1, 0.15) is 11.3 Å². The normalized spacial score (nSPS) is 16.2. The van der Waals surface area contributed by atoms with Crippen molar-refractivity contribution in [1.29, 1.82) is 0 Å². The standard InChI is InChI=1S/C20H19FN2O2/c1-13-22-17-12-16(8-9-18(17)25-13)23-19(24)20(10-2-3-11-20)14-4-6-15(21)7-5-14/h4-9,12H,2-3,10-11H2,1H3,(H,23,24). The molecule has 4 nitrogen and oxygen atoms in total. The van der Waals surface area contributed by atoms with Crippen LogP contribution < -0.4 is 5.32 Å². The molecule has 1 aliphatic carbocycles. The Morgan fingerprint density at radius 1 is 1.16 bits per heavy atom. The van der Waals surface area contributed by atoms with Gasteiger partial charge in [-0.3, -0.25) is 4.79 Å². The third-order valence-corrected chi connectivity index (χ3v) is 5.04. The molecule has 1 amide bonds. The van der Waals surface area contributed by atoms with Crippen molar-refractivity contribution >= 4 is 22.7 Å². The van der Waals surface area contributed by atoms with Crippen molar-refractivity contribution in [3.63, 3.8) is 0 Å². The zero-order chi connectivity index (χ0) is 17.4. The highest BCUT2D eigenvalue weighted by atomic mass is 19.1. The van der Waals surface area contributed by atoms with Gasteiger partial charge in [-0.25, -0.2) is 9.37 Å². The third kappa shape index (κ3) is 2.80. The highest BCUT2D eigenvalue weighted by Crippen LogP contribution is 2.42. The van der Waals surface area contributed by atoms with E-state index in [2.05, 4.69) is 10.3 Å². The topological polar surface area (TPSA) is 55.1 Å². The van der Waals surface area contributed by atoms with Crippen LogP contribution in [0.2, 0.25) is 0 Å². The molecule has 0 aliphatic heterocycles. The average molecular weight is 338 g/mol. The number of hydrogen-bond acceptors (Lipinski definition) is 3. The van der Waals surface area contributed by atoms with Crippen LogP contribution in [0.1, 0.15) is 37.1 Å². The molecule has 0 spiro atoms. The number of rotatable bonds is 3. The molecule has 1 aliphatic rings. The number of hydrogen-bond donors (Lipinski definition) is 1. The highest BCUT2D eigenvalue weighted by Gasteiger charge is 2.42. The second kappa shape index (κ2) is 5.99. The van der Waals surface area contributed by atoms with E-state index in [0.29, 0.717) is 17.2 Å². The summed E-state index contributed by atoms with van der Waals surface area (Å²) < 4.78 is 18.7. The largest absolute Gasteiger partial charge is 0.441 e. The maximum atomic E-state index is 13.3. The van der Waals surface area contributed by atoms with Gasteiger partial charge in [-0.2, -0.15) is 0 Å². The van der Waals surface area contributed by atoms with Crippen LogP contribution >= 0.6 is 0 Å². The van der Waals surface area contributed by atoms with Gasteiger partial charge in [0.05, 0.1) is 5.41 Å². The number of aromatic nitrogens is 1. The van der Waals surface area contributed by atoms with Crippen molar-refractivity contribution in [3.8, 4) is 0 Å². The monoisotopic (exact) mass is 338 g/mol. The Labute approximate surface area is 145 Å². The number of oxazole rings is 1. The summed E-state index contributed by atoms with van der Waals surface area (Å²) in [5, 5.41) is 3.02. The lowest BCUT2D eigenvalue weighted by molar-refractivity contribution is -0.121. The number of carbonyl (C=O) groups is 1. The van der Waals surface area contributed by atoms with Gasteiger partial charge in [-0.1, -0.05) is 25.0 Å². The van der Waals surface area contributed by atoms with E-state index >= 15 is 0 Å². The summed E-state index contributed by atoms with van der Waals surface area (Å²) in [6, 6.07) is 11.7. The van der Waals surface area contributed by atoms with Gasteiger partial charge in [0, 0.05) is 12.6 Å². The summed E-state index contributed by atoms with van der Waals surface area (Å²) in [6.07, 6.45) is 3.53. The molecule has 5 heteroatoms. The van der Waals surface area contributed by atoms with Crippen LogP contribution in [-0.2, 0) is 10.2 Å². The first-order valence-electron chi connectivity index (χ1n) is 8.52. The third-order valence-electron chi connectivity index (χ3n) is 5.04. The summed E-state index contributed by atoms with van der Waals surface area (Å²) in [5.74, 6) is 0.261. The summed E-state index contributed by atoms with van der Waals surface area (Å²) in [7, 11) is 0. The molecule has 1 saturated carbocycles. The molecule has 0 unspecified atom stereocenters. The van der Waals surface area contributed by atoms with Gasteiger partial charge in [-0.05, 0) is 48.7 Å². The SMILES string of the molecule is Cc1nc2cc(NC(=O)C3(c4ccc(F)cc4)CCCC3)ccc2o1. The predicted molar refractivity (Wildman–Crippen MR) is 93.9 cm³/mol. The Bertz CT molecular complexity index is 925. The van der Waals surface area contributed by atoms with E-state index < -0.39 is 5.41 Å². The number of fused-ring (bicyclic) bond motifs is 1. The number of halogens is 1. The molecular weight excluding hydrogens is 319 g/mol. The maximum absolute atomic E-state index is 13.3.